The first-order valence-corrected chi connectivity index (χ1v) is 5.85. The molecule has 2 heteroatoms. The molecule has 0 bridgehead atoms. The van der Waals surface area contributed by atoms with E-state index in [2.05, 4.69) is 11.1 Å². The molecule has 0 fully saturated rings. The number of benzene rings is 2. The van der Waals surface area contributed by atoms with Crippen molar-refractivity contribution in [2.75, 3.05) is 0 Å². The van der Waals surface area contributed by atoms with E-state index in [1.54, 1.807) is 12.3 Å². The zero-order valence-corrected chi connectivity index (χ0v) is 10.0. The highest BCUT2D eigenvalue weighted by Crippen LogP contribution is 2.31. The van der Waals surface area contributed by atoms with Gasteiger partial charge in [-0.05, 0) is 41.6 Å². The van der Waals surface area contributed by atoms with Crippen LogP contribution in [0.25, 0.3) is 21.9 Å². The number of hydrogen-bond donors (Lipinski definition) is 0. The van der Waals surface area contributed by atoms with Crippen molar-refractivity contribution in [1.82, 2.24) is 4.98 Å². The number of halogens is 1. The van der Waals surface area contributed by atoms with Gasteiger partial charge in [-0.3, -0.25) is 4.98 Å². The summed E-state index contributed by atoms with van der Waals surface area (Å²) >= 11 is 0. The van der Waals surface area contributed by atoms with Gasteiger partial charge in [-0.25, -0.2) is 4.39 Å². The SMILES string of the molecule is Cc1cc(-c2ccccc2F)c2ccncc2c1. The molecule has 0 amide bonds. The summed E-state index contributed by atoms with van der Waals surface area (Å²) in [5.74, 6) is -0.193. The molecule has 1 aromatic heterocycles. The fourth-order valence-corrected chi connectivity index (χ4v) is 2.26. The highest BCUT2D eigenvalue weighted by atomic mass is 19.1. The monoisotopic (exact) mass is 237 g/mol. The van der Waals surface area contributed by atoms with Crippen molar-refractivity contribution in [2.45, 2.75) is 6.92 Å². The Hall–Kier alpha value is -2.22. The molecule has 0 atom stereocenters. The first-order chi connectivity index (χ1) is 8.75. The molecule has 18 heavy (non-hydrogen) atoms. The minimum atomic E-state index is -0.193. The molecule has 1 heterocycles. The molecule has 3 aromatic rings. The Morgan fingerprint density at radius 1 is 1.00 bits per heavy atom. The van der Waals surface area contributed by atoms with E-state index in [1.807, 2.05) is 37.4 Å². The van der Waals surface area contributed by atoms with Crippen molar-refractivity contribution in [2.24, 2.45) is 0 Å². The summed E-state index contributed by atoms with van der Waals surface area (Å²) in [5.41, 5.74) is 2.66. The molecule has 0 saturated carbocycles. The van der Waals surface area contributed by atoms with Gasteiger partial charge < -0.3 is 0 Å². The molecule has 3 rings (SSSR count). The quantitative estimate of drug-likeness (QED) is 0.613. The Bertz CT molecular complexity index is 719. The first kappa shape index (κ1) is 10.9. The predicted octanol–water partition coefficient (Wildman–Crippen LogP) is 4.35. The van der Waals surface area contributed by atoms with E-state index in [9.17, 15) is 4.39 Å². The van der Waals surface area contributed by atoms with E-state index in [0.717, 1.165) is 21.9 Å². The number of hydrogen-bond acceptors (Lipinski definition) is 1. The van der Waals surface area contributed by atoms with E-state index in [1.165, 1.54) is 6.07 Å². The number of pyridine rings is 1. The number of rotatable bonds is 1. The Kier molecular flexibility index (Phi) is 2.56. The smallest absolute Gasteiger partial charge is 0.131 e. The molecule has 0 aliphatic carbocycles. The third-order valence-corrected chi connectivity index (χ3v) is 3.06. The van der Waals surface area contributed by atoms with Crippen LogP contribution in [-0.4, -0.2) is 4.98 Å². The van der Waals surface area contributed by atoms with E-state index in [-0.39, 0.29) is 5.82 Å². The lowest BCUT2D eigenvalue weighted by atomic mass is 9.97. The largest absolute Gasteiger partial charge is 0.264 e. The minimum absolute atomic E-state index is 0.193. The molecule has 0 aliphatic rings. The number of aryl methyl sites for hydroxylation is 1. The van der Waals surface area contributed by atoms with E-state index >= 15 is 0 Å². The Morgan fingerprint density at radius 3 is 2.67 bits per heavy atom. The Balaban J connectivity index is 2.39. The van der Waals surface area contributed by atoms with Crippen LogP contribution in [0.15, 0.2) is 54.9 Å². The summed E-state index contributed by atoms with van der Waals surface area (Å²) in [4.78, 5) is 4.12. The van der Waals surface area contributed by atoms with Gasteiger partial charge in [-0.15, -0.1) is 0 Å². The fraction of sp³-hybridized carbons (Fsp3) is 0.0625. The lowest BCUT2D eigenvalue weighted by Crippen LogP contribution is -1.88. The molecule has 0 spiro atoms. The third-order valence-electron chi connectivity index (χ3n) is 3.06. The molecule has 0 aliphatic heterocycles. The highest BCUT2D eigenvalue weighted by Gasteiger charge is 2.08. The summed E-state index contributed by atoms with van der Waals surface area (Å²) in [6, 6.07) is 12.9. The van der Waals surface area contributed by atoms with E-state index in [4.69, 9.17) is 0 Å². The maximum Gasteiger partial charge on any atom is 0.131 e. The Labute approximate surface area is 105 Å². The zero-order chi connectivity index (χ0) is 12.5. The van der Waals surface area contributed by atoms with Crippen LogP contribution >= 0.6 is 0 Å². The van der Waals surface area contributed by atoms with Gasteiger partial charge in [0.05, 0.1) is 0 Å². The van der Waals surface area contributed by atoms with Crippen LogP contribution in [-0.2, 0) is 0 Å². The van der Waals surface area contributed by atoms with Gasteiger partial charge >= 0.3 is 0 Å². The van der Waals surface area contributed by atoms with Crippen LogP contribution in [0.3, 0.4) is 0 Å². The molecule has 1 nitrogen and oxygen atoms in total. The molecule has 88 valence electrons. The van der Waals surface area contributed by atoms with E-state index < -0.39 is 0 Å². The topological polar surface area (TPSA) is 12.9 Å². The average Bonchev–Trinajstić information content (AvgIpc) is 2.38. The zero-order valence-electron chi connectivity index (χ0n) is 10.0. The van der Waals surface area contributed by atoms with Crippen molar-refractivity contribution < 1.29 is 4.39 Å². The summed E-state index contributed by atoms with van der Waals surface area (Å²) in [5, 5.41) is 2.07. The second-order valence-corrected chi connectivity index (χ2v) is 4.39. The van der Waals surface area contributed by atoms with Crippen molar-refractivity contribution in [3.8, 4) is 11.1 Å². The average molecular weight is 237 g/mol. The summed E-state index contributed by atoms with van der Waals surface area (Å²) in [6.45, 7) is 2.01. The van der Waals surface area contributed by atoms with Crippen LogP contribution < -0.4 is 0 Å². The number of nitrogens with zero attached hydrogens (tertiary/aromatic N) is 1. The van der Waals surface area contributed by atoms with Gasteiger partial charge in [0.15, 0.2) is 0 Å². The van der Waals surface area contributed by atoms with Gasteiger partial charge in [0.2, 0.25) is 0 Å². The number of fused-ring (bicyclic) bond motifs is 1. The van der Waals surface area contributed by atoms with Crippen molar-refractivity contribution in [1.29, 1.82) is 0 Å². The van der Waals surface area contributed by atoms with Crippen molar-refractivity contribution in [3.63, 3.8) is 0 Å². The summed E-state index contributed by atoms with van der Waals surface area (Å²) in [7, 11) is 0. The second kappa shape index (κ2) is 4.22. The third kappa shape index (κ3) is 1.76. The predicted molar refractivity (Wildman–Crippen MR) is 71.9 cm³/mol. The molecule has 0 N–H and O–H groups in total. The van der Waals surface area contributed by atoms with Crippen molar-refractivity contribution in [3.05, 3.63) is 66.2 Å². The lowest BCUT2D eigenvalue weighted by Gasteiger charge is -2.09. The molecule has 0 saturated heterocycles. The maximum absolute atomic E-state index is 13.9. The molecule has 2 aromatic carbocycles. The van der Waals surface area contributed by atoms with Crippen LogP contribution in [0, 0.1) is 12.7 Å². The highest BCUT2D eigenvalue weighted by molar-refractivity contribution is 5.96. The lowest BCUT2D eigenvalue weighted by molar-refractivity contribution is 0.631. The minimum Gasteiger partial charge on any atom is -0.264 e. The standard InChI is InChI=1S/C16H12FN/c1-11-8-12-10-18-7-6-13(12)15(9-11)14-4-2-3-5-16(14)17/h2-10H,1H3. The normalized spacial score (nSPS) is 10.8. The fourth-order valence-electron chi connectivity index (χ4n) is 2.26. The van der Waals surface area contributed by atoms with Gasteiger partial charge in [0.1, 0.15) is 5.82 Å². The van der Waals surface area contributed by atoms with Gasteiger partial charge in [0.25, 0.3) is 0 Å². The van der Waals surface area contributed by atoms with Crippen LogP contribution in [0.5, 0.6) is 0 Å². The molecular formula is C16H12FN. The number of aromatic nitrogens is 1. The first-order valence-electron chi connectivity index (χ1n) is 5.85. The van der Waals surface area contributed by atoms with Gasteiger partial charge in [-0.2, -0.15) is 0 Å². The van der Waals surface area contributed by atoms with Crippen LogP contribution in [0.1, 0.15) is 5.56 Å². The van der Waals surface area contributed by atoms with Crippen molar-refractivity contribution >= 4 is 10.8 Å². The van der Waals surface area contributed by atoms with E-state index in [0.29, 0.717) is 5.56 Å². The summed E-state index contributed by atoms with van der Waals surface area (Å²) < 4.78 is 13.9. The molecule has 0 unspecified atom stereocenters. The molecular weight excluding hydrogens is 225 g/mol. The van der Waals surface area contributed by atoms with Crippen LogP contribution in [0.4, 0.5) is 4.39 Å². The maximum atomic E-state index is 13.9. The van der Waals surface area contributed by atoms with Gasteiger partial charge in [-0.1, -0.05) is 24.3 Å². The van der Waals surface area contributed by atoms with Crippen LogP contribution in [0.2, 0.25) is 0 Å². The van der Waals surface area contributed by atoms with Gasteiger partial charge in [0, 0.05) is 23.3 Å². The Morgan fingerprint density at radius 2 is 1.83 bits per heavy atom. The second-order valence-electron chi connectivity index (χ2n) is 4.39. The molecule has 0 radical (unpaired) electrons. The summed E-state index contributed by atoms with van der Waals surface area (Å²) in [6.07, 6.45) is 3.55.